The predicted octanol–water partition coefficient (Wildman–Crippen LogP) is 3.72. The zero-order chi connectivity index (χ0) is 16.8. The van der Waals surface area contributed by atoms with Crippen molar-refractivity contribution < 1.29 is 26.3 Å². The van der Waals surface area contributed by atoms with E-state index in [1.165, 1.54) is 14.8 Å². The molecule has 0 unspecified atom stereocenters. The van der Waals surface area contributed by atoms with Crippen LogP contribution in [-0.4, -0.2) is 12.8 Å². The molecular weight excluding hydrogens is 307 g/mol. The molecule has 22 heavy (non-hydrogen) atoms. The van der Waals surface area contributed by atoms with Crippen LogP contribution in [-0.2, 0) is 5.31 Å². The highest BCUT2D eigenvalue weighted by molar-refractivity contribution is 6.16. The molecule has 0 aliphatic rings. The molecule has 118 valence electrons. The maximum absolute atomic E-state index is 14.5. The van der Waals surface area contributed by atoms with Crippen molar-refractivity contribution in [3.05, 3.63) is 40.6 Å². The predicted molar refractivity (Wildman–Crippen MR) is 72.3 cm³/mol. The lowest BCUT2D eigenvalue weighted by molar-refractivity contribution is 0.421. The second-order valence-corrected chi connectivity index (χ2v) is 5.71. The standard InChI is InChI=1S/C14H12BF6N/c1-3-4-14(2,15)6-9(18)7(16)5-8(17)11(20)13(21)22-12(5)10(6)19/h3-4,15H2,1-2H3/t14-/m1/s1. The van der Waals surface area contributed by atoms with E-state index < -0.39 is 56.8 Å². The topological polar surface area (TPSA) is 12.9 Å². The molecule has 0 fully saturated rings. The lowest BCUT2D eigenvalue weighted by Crippen LogP contribution is -2.26. The van der Waals surface area contributed by atoms with E-state index >= 15 is 0 Å². The molecule has 0 saturated heterocycles. The van der Waals surface area contributed by atoms with Gasteiger partial charge in [0.1, 0.15) is 13.4 Å². The first-order valence-electron chi connectivity index (χ1n) is 6.64. The average molecular weight is 319 g/mol. The molecule has 0 bridgehead atoms. The summed E-state index contributed by atoms with van der Waals surface area (Å²) in [4.78, 5) is 2.91. The van der Waals surface area contributed by atoms with Crippen molar-refractivity contribution in [3.8, 4) is 0 Å². The number of nitrogens with zero attached hydrogens (tertiary/aromatic N) is 1. The highest BCUT2D eigenvalue weighted by Gasteiger charge is 2.34. The summed E-state index contributed by atoms with van der Waals surface area (Å²) in [6.45, 7) is 3.24. The molecule has 1 heterocycles. The van der Waals surface area contributed by atoms with Crippen molar-refractivity contribution >= 4 is 18.7 Å². The molecule has 2 aromatic rings. The first-order valence-corrected chi connectivity index (χ1v) is 6.64. The normalized spacial score (nSPS) is 14.4. The van der Waals surface area contributed by atoms with Gasteiger partial charge in [0.2, 0.25) is 5.82 Å². The van der Waals surface area contributed by atoms with Gasteiger partial charge < -0.3 is 0 Å². The summed E-state index contributed by atoms with van der Waals surface area (Å²) < 4.78 is 82.7. The second-order valence-electron chi connectivity index (χ2n) is 5.71. The summed E-state index contributed by atoms with van der Waals surface area (Å²) in [5.74, 6) is -10.8. The highest BCUT2D eigenvalue weighted by Crippen LogP contribution is 2.36. The Bertz CT molecular complexity index is 759. The Balaban J connectivity index is 2.97. The fourth-order valence-corrected chi connectivity index (χ4v) is 2.64. The van der Waals surface area contributed by atoms with Crippen LogP contribution in [0, 0.1) is 35.0 Å². The summed E-state index contributed by atoms with van der Waals surface area (Å²) in [5, 5.41) is -2.45. The third-order valence-corrected chi connectivity index (χ3v) is 3.65. The van der Waals surface area contributed by atoms with Gasteiger partial charge in [0.05, 0.1) is 5.39 Å². The molecule has 0 amide bonds. The number of hydrogen-bond acceptors (Lipinski definition) is 1. The van der Waals surface area contributed by atoms with Gasteiger partial charge >= 0.3 is 0 Å². The van der Waals surface area contributed by atoms with Gasteiger partial charge in [0.25, 0.3) is 5.95 Å². The maximum Gasteiger partial charge on any atom is 0.252 e. The van der Waals surface area contributed by atoms with Gasteiger partial charge in [0, 0.05) is 5.56 Å². The SMILES string of the molecule is B[C@](C)(CCC)c1c(F)c(F)c2c(F)c(F)c(F)nc2c1F. The monoisotopic (exact) mass is 319 g/mol. The Labute approximate surface area is 123 Å². The van der Waals surface area contributed by atoms with Crippen LogP contribution < -0.4 is 0 Å². The number of benzene rings is 1. The van der Waals surface area contributed by atoms with Crippen LogP contribution in [0.4, 0.5) is 26.3 Å². The smallest absolute Gasteiger partial charge is 0.214 e. The molecule has 2 rings (SSSR count). The van der Waals surface area contributed by atoms with Crippen molar-refractivity contribution in [2.45, 2.75) is 32.0 Å². The largest absolute Gasteiger partial charge is 0.252 e. The molecule has 0 aliphatic carbocycles. The summed E-state index contributed by atoms with van der Waals surface area (Å²) >= 11 is 0. The van der Waals surface area contributed by atoms with Crippen LogP contribution in [0.1, 0.15) is 32.3 Å². The summed E-state index contributed by atoms with van der Waals surface area (Å²) in [7, 11) is 1.47. The molecule has 0 radical (unpaired) electrons. The van der Waals surface area contributed by atoms with Crippen molar-refractivity contribution in [3.63, 3.8) is 0 Å². The van der Waals surface area contributed by atoms with Gasteiger partial charge in [-0.15, -0.1) is 0 Å². The van der Waals surface area contributed by atoms with E-state index in [9.17, 15) is 26.3 Å². The van der Waals surface area contributed by atoms with Gasteiger partial charge in [-0.1, -0.05) is 26.7 Å². The Morgan fingerprint density at radius 3 is 2.00 bits per heavy atom. The third-order valence-electron chi connectivity index (χ3n) is 3.65. The minimum absolute atomic E-state index is 0.304. The molecule has 1 nitrogen and oxygen atoms in total. The molecule has 1 aromatic carbocycles. The van der Waals surface area contributed by atoms with Gasteiger partial charge in [0.15, 0.2) is 23.3 Å². The average Bonchev–Trinajstić information content (AvgIpc) is 2.42. The zero-order valence-electron chi connectivity index (χ0n) is 12.1. The van der Waals surface area contributed by atoms with E-state index in [0.29, 0.717) is 12.8 Å². The van der Waals surface area contributed by atoms with Crippen molar-refractivity contribution in [2.75, 3.05) is 0 Å². The van der Waals surface area contributed by atoms with Crippen molar-refractivity contribution in [1.82, 2.24) is 4.98 Å². The zero-order valence-corrected chi connectivity index (χ0v) is 12.1. The number of hydrogen-bond donors (Lipinski definition) is 0. The van der Waals surface area contributed by atoms with Crippen molar-refractivity contribution in [1.29, 1.82) is 0 Å². The molecule has 0 spiro atoms. The van der Waals surface area contributed by atoms with Gasteiger partial charge in [-0.3, -0.25) is 0 Å². The minimum Gasteiger partial charge on any atom is -0.214 e. The summed E-state index contributed by atoms with van der Waals surface area (Å²) in [6.07, 6.45) is 0.850. The quantitative estimate of drug-likeness (QED) is 0.364. The highest BCUT2D eigenvalue weighted by atomic mass is 19.2. The number of fused-ring (bicyclic) bond motifs is 1. The molecule has 0 saturated carbocycles. The van der Waals surface area contributed by atoms with Crippen LogP contribution in [0.3, 0.4) is 0 Å². The van der Waals surface area contributed by atoms with Crippen LogP contribution >= 0.6 is 0 Å². The number of pyridine rings is 1. The molecule has 0 N–H and O–H groups in total. The third kappa shape index (κ3) is 2.34. The van der Waals surface area contributed by atoms with E-state index in [4.69, 9.17) is 0 Å². The summed E-state index contributed by atoms with van der Waals surface area (Å²) in [6, 6.07) is 0. The molecule has 8 heteroatoms. The molecular formula is C14H12BF6N. The second kappa shape index (κ2) is 5.48. The van der Waals surface area contributed by atoms with Crippen molar-refractivity contribution in [2.24, 2.45) is 0 Å². The Morgan fingerprint density at radius 2 is 1.45 bits per heavy atom. The number of rotatable bonds is 3. The first kappa shape index (κ1) is 16.6. The molecule has 0 aliphatic heterocycles. The van der Waals surface area contributed by atoms with Crippen LogP contribution in [0.2, 0.25) is 0 Å². The van der Waals surface area contributed by atoms with Crippen LogP contribution in [0.25, 0.3) is 10.9 Å². The Hall–Kier alpha value is -1.73. The molecule has 1 atom stereocenters. The van der Waals surface area contributed by atoms with Gasteiger partial charge in [-0.25, -0.2) is 22.5 Å². The maximum atomic E-state index is 14.5. The molecule has 1 aromatic heterocycles. The fraction of sp³-hybridized carbons (Fsp3) is 0.357. The van der Waals surface area contributed by atoms with Gasteiger partial charge in [-0.2, -0.15) is 8.78 Å². The minimum atomic E-state index is -2.08. The van der Waals surface area contributed by atoms with E-state index in [1.807, 2.05) is 0 Å². The Kier molecular flexibility index (Phi) is 4.15. The van der Waals surface area contributed by atoms with E-state index in [2.05, 4.69) is 4.98 Å². The summed E-state index contributed by atoms with van der Waals surface area (Å²) in [5.41, 5.74) is -1.72. The lowest BCUT2D eigenvalue weighted by atomic mass is 9.62. The van der Waals surface area contributed by atoms with Crippen LogP contribution in [0.5, 0.6) is 0 Å². The van der Waals surface area contributed by atoms with E-state index in [1.54, 1.807) is 6.92 Å². The number of halogens is 6. The van der Waals surface area contributed by atoms with Gasteiger partial charge in [-0.05, 0) is 5.31 Å². The number of aromatic nitrogens is 1. The van der Waals surface area contributed by atoms with E-state index in [-0.39, 0.29) is 0 Å². The fourth-order valence-electron chi connectivity index (χ4n) is 2.64. The first-order chi connectivity index (χ1) is 10.1. The lowest BCUT2D eigenvalue weighted by Gasteiger charge is -2.26. The van der Waals surface area contributed by atoms with E-state index in [0.717, 1.165) is 0 Å². The Morgan fingerprint density at radius 1 is 0.909 bits per heavy atom. The van der Waals surface area contributed by atoms with Crippen LogP contribution in [0.15, 0.2) is 0 Å².